The van der Waals surface area contributed by atoms with Crippen LogP contribution in [-0.4, -0.2) is 54.0 Å². The van der Waals surface area contributed by atoms with Gasteiger partial charge in [0, 0.05) is 18.6 Å². The lowest BCUT2D eigenvalue weighted by molar-refractivity contribution is 0.268. The molecule has 0 atom stereocenters. The average molecular weight is 404 g/mol. The molecule has 2 rings (SSSR count). The highest BCUT2D eigenvalue weighted by molar-refractivity contribution is 7.90. The van der Waals surface area contributed by atoms with Gasteiger partial charge >= 0.3 is 0 Å². The summed E-state index contributed by atoms with van der Waals surface area (Å²) in [4.78, 5) is 2.37. The van der Waals surface area contributed by atoms with Crippen LogP contribution in [0.3, 0.4) is 0 Å². The Labute approximate surface area is 157 Å². The SMILES string of the molecule is CC(C)N(C)CCCCNS(=O)(=O)c1ccc(S(=O)(=O)NC2CC2)cc1. The molecule has 0 heterocycles. The third kappa shape index (κ3) is 6.31. The fourth-order valence-corrected chi connectivity index (χ4v) is 4.70. The summed E-state index contributed by atoms with van der Waals surface area (Å²) in [5.74, 6) is 0. The first-order valence-corrected chi connectivity index (χ1v) is 11.9. The van der Waals surface area contributed by atoms with Crippen LogP contribution >= 0.6 is 0 Å². The molecule has 1 aliphatic rings. The van der Waals surface area contributed by atoms with Gasteiger partial charge in [0.15, 0.2) is 0 Å². The second-order valence-corrected chi connectivity index (χ2v) is 10.5. The van der Waals surface area contributed by atoms with Crippen molar-refractivity contribution in [1.29, 1.82) is 0 Å². The number of nitrogens with one attached hydrogen (secondary N) is 2. The fraction of sp³-hybridized carbons (Fsp3) is 0.647. The van der Waals surface area contributed by atoms with Crippen LogP contribution in [0, 0.1) is 0 Å². The number of sulfonamides is 2. The van der Waals surface area contributed by atoms with Crippen LogP contribution in [0.1, 0.15) is 39.5 Å². The number of rotatable bonds is 11. The Hall–Kier alpha value is -1.00. The second kappa shape index (κ2) is 8.79. The van der Waals surface area contributed by atoms with Crippen molar-refractivity contribution >= 4 is 20.0 Å². The van der Waals surface area contributed by atoms with Crippen molar-refractivity contribution in [2.45, 2.75) is 61.4 Å². The highest BCUT2D eigenvalue weighted by Crippen LogP contribution is 2.22. The molecule has 9 heteroatoms. The van der Waals surface area contributed by atoms with E-state index in [2.05, 4.69) is 28.2 Å². The Bertz CT molecular complexity index is 786. The Morgan fingerprint density at radius 2 is 1.54 bits per heavy atom. The van der Waals surface area contributed by atoms with Crippen molar-refractivity contribution in [3.05, 3.63) is 24.3 Å². The Morgan fingerprint density at radius 1 is 1.00 bits per heavy atom. The van der Waals surface area contributed by atoms with Crippen LogP contribution in [0.5, 0.6) is 0 Å². The highest BCUT2D eigenvalue weighted by atomic mass is 32.2. The van der Waals surface area contributed by atoms with Gasteiger partial charge in [-0.25, -0.2) is 26.3 Å². The summed E-state index contributed by atoms with van der Waals surface area (Å²) >= 11 is 0. The van der Waals surface area contributed by atoms with Crippen LogP contribution < -0.4 is 9.44 Å². The third-order valence-electron chi connectivity index (χ3n) is 4.45. The van der Waals surface area contributed by atoms with E-state index in [-0.39, 0.29) is 15.8 Å². The molecule has 0 amide bonds. The number of hydrogen-bond acceptors (Lipinski definition) is 5. The van der Waals surface area contributed by atoms with Crippen LogP contribution in [0.15, 0.2) is 34.1 Å². The summed E-state index contributed by atoms with van der Waals surface area (Å²) in [6.45, 7) is 5.51. The third-order valence-corrected chi connectivity index (χ3v) is 7.47. The lowest BCUT2D eigenvalue weighted by atomic mass is 10.2. The minimum absolute atomic E-state index is 0.0137. The average Bonchev–Trinajstić information content (AvgIpc) is 3.37. The zero-order chi connectivity index (χ0) is 19.4. The highest BCUT2D eigenvalue weighted by Gasteiger charge is 2.28. The largest absolute Gasteiger partial charge is 0.304 e. The molecule has 2 N–H and O–H groups in total. The van der Waals surface area contributed by atoms with E-state index in [0.29, 0.717) is 12.6 Å². The molecule has 0 aliphatic heterocycles. The van der Waals surface area contributed by atoms with Crippen molar-refractivity contribution in [3.8, 4) is 0 Å². The molecular weight excluding hydrogens is 374 g/mol. The van der Waals surface area contributed by atoms with E-state index in [4.69, 9.17) is 0 Å². The molecule has 0 unspecified atom stereocenters. The second-order valence-electron chi connectivity index (χ2n) is 7.05. The molecule has 148 valence electrons. The molecule has 0 bridgehead atoms. The predicted octanol–water partition coefficient (Wildman–Crippen LogP) is 1.53. The van der Waals surface area contributed by atoms with Gasteiger partial charge in [0.05, 0.1) is 9.79 Å². The standard InChI is InChI=1S/C17H29N3O4S2/c1-14(2)20(3)13-5-4-12-18-25(21,22)16-8-10-17(11-9-16)26(23,24)19-15-6-7-15/h8-11,14-15,18-19H,4-7,12-13H2,1-3H3. The molecule has 0 aromatic heterocycles. The van der Waals surface area contributed by atoms with E-state index in [0.717, 1.165) is 32.2 Å². The molecule has 1 saturated carbocycles. The van der Waals surface area contributed by atoms with Gasteiger partial charge in [-0.15, -0.1) is 0 Å². The van der Waals surface area contributed by atoms with E-state index < -0.39 is 20.0 Å². The van der Waals surface area contributed by atoms with Crippen molar-refractivity contribution in [3.63, 3.8) is 0 Å². The minimum atomic E-state index is -3.63. The molecule has 0 saturated heterocycles. The van der Waals surface area contributed by atoms with E-state index in [9.17, 15) is 16.8 Å². The van der Waals surface area contributed by atoms with Crippen molar-refractivity contribution in [2.24, 2.45) is 0 Å². The van der Waals surface area contributed by atoms with Gasteiger partial charge in [0.25, 0.3) is 0 Å². The summed E-state index contributed by atoms with van der Waals surface area (Å²) in [5, 5.41) is 0. The van der Waals surface area contributed by atoms with Crippen LogP contribution in [0.25, 0.3) is 0 Å². The Balaban J connectivity index is 1.86. The van der Waals surface area contributed by atoms with E-state index >= 15 is 0 Å². The van der Waals surface area contributed by atoms with Crippen LogP contribution in [0.2, 0.25) is 0 Å². The van der Waals surface area contributed by atoms with Gasteiger partial charge in [-0.1, -0.05) is 0 Å². The first kappa shape index (κ1) is 21.3. The van der Waals surface area contributed by atoms with Gasteiger partial charge in [-0.2, -0.15) is 0 Å². The number of benzene rings is 1. The van der Waals surface area contributed by atoms with Crippen molar-refractivity contribution in [1.82, 2.24) is 14.3 Å². The fourth-order valence-electron chi connectivity index (χ4n) is 2.32. The van der Waals surface area contributed by atoms with Gasteiger partial charge in [0.2, 0.25) is 20.0 Å². The molecule has 1 aromatic rings. The summed E-state index contributed by atoms with van der Waals surface area (Å²) < 4.78 is 54.0. The van der Waals surface area contributed by atoms with E-state index in [1.165, 1.54) is 24.3 Å². The van der Waals surface area contributed by atoms with Crippen LogP contribution in [0.4, 0.5) is 0 Å². The Kier molecular flexibility index (Phi) is 7.20. The normalized spacial score (nSPS) is 15.7. The van der Waals surface area contributed by atoms with Gasteiger partial charge in [-0.05, 0) is 77.4 Å². The molecule has 7 nitrogen and oxygen atoms in total. The number of hydrogen-bond donors (Lipinski definition) is 2. The van der Waals surface area contributed by atoms with E-state index in [1.807, 2.05) is 7.05 Å². The topological polar surface area (TPSA) is 95.6 Å². The zero-order valence-electron chi connectivity index (χ0n) is 15.6. The molecule has 0 spiro atoms. The van der Waals surface area contributed by atoms with Crippen LogP contribution in [-0.2, 0) is 20.0 Å². The zero-order valence-corrected chi connectivity index (χ0v) is 17.2. The van der Waals surface area contributed by atoms with Gasteiger partial charge in [0.1, 0.15) is 0 Å². The molecule has 1 aliphatic carbocycles. The number of nitrogens with zero attached hydrogens (tertiary/aromatic N) is 1. The maximum absolute atomic E-state index is 12.3. The first-order valence-electron chi connectivity index (χ1n) is 8.94. The lowest BCUT2D eigenvalue weighted by Crippen LogP contribution is -2.29. The summed E-state index contributed by atoms with van der Waals surface area (Å²) in [6.07, 6.45) is 3.35. The minimum Gasteiger partial charge on any atom is -0.304 e. The number of unbranched alkanes of at least 4 members (excludes halogenated alkanes) is 1. The quantitative estimate of drug-likeness (QED) is 0.546. The molecule has 1 aromatic carbocycles. The van der Waals surface area contributed by atoms with Crippen molar-refractivity contribution < 1.29 is 16.8 Å². The lowest BCUT2D eigenvalue weighted by Gasteiger charge is -2.20. The van der Waals surface area contributed by atoms with Crippen molar-refractivity contribution in [2.75, 3.05) is 20.1 Å². The smallest absolute Gasteiger partial charge is 0.240 e. The maximum Gasteiger partial charge on any atom is 0.240 e. The monoisotopic (exact) mass is 403 g/mol. The van der Waals surface area contributed by atoms with E-state index in [1.54, 1.807) is 0 Å². The predicted molar refractivity (Wildman–Crippen MR) is 102 cm³/mol. The van der Waals surface area contributed by atoms with Gasteiger partial charge < -0.3 is 4.90 Å². The summed E-state index contributed by atoms with van der Waals surface area (Å²) in [5.41, 5.74) is 0. The maximum atomic E-state index is 12.3. The Morgan fingerprint density at radius 3 is 2.04 bits per heavy atom. The summed E-state index contributed by atoms with van der Waals surface area (Å²) in [7, 11) is -5.15. The van der Waals surface area contributed by atoms with Gasteiger partial charge in [-0.3, -0.25) is 0 Å². The molecule has 1 fully saturated rings. The molecule has 26 heavy (non-hydrogen) atoms. The molecule has 0 radical (unpaired) electrons. The molecular formula is C17H29N3O4S2. The first-order chi connectivity index (χ1) is 12.1. The summed E-state index contributed by atoms with van der Waals surface area (Å²) in [6, 6.07) is 5.80.